The molecule has 0 amide bonds. The molecule has 0 aliphatic carbocycles. The summed E-state index contributed by atoms with van der Waals surface area (Å²) in [4.78, 5) is 0.160. The minimum atomic E-state index is -3.71. The topological polar surface area (TPSA) is 90.7 Å². The van der Waals surface area contributed by atoms with Gasteiger partial charge in [0.2, 0.25) is 10.0 Å². The molecule has 1 rings (SSSR count). The molecular weight excluding hydrogens is 304 g/mol. The van der Waals surface area contributed by atoms with E-state index in [0.717, 1.165) is 0 Å². The van der Waals surface area contributed by atoms with Gasteiger partial charge in [-0.1, -0.05) is 20.8 Å². The van der Waals surface area contributed by atoms with E-state index in [0.29, 0.717) is 17.1 Å². The second-order valence-electron chi connectivity index (χ2n) is 6.25. The Balaban J connectivity index is 3.29. The zero-order chi connectivity index (χ0) is 17.1. The van der Waals surface area contributed by atoms with Gasteiger partial charge in [-0.05, 0) is 24.0 Å². The van der Waals surface area contributed by atoms with Crippen LogP contribution in [0.1, 0.15) is 26.3 Å². The molecule has 7 heteroatoms. The van der Waals surface area contributed by atoms with Gasteiger partial charge in [-0.3, -0.25) is 0 Å². The van der Waals surface area contributed by atoms with Crippen molar-refractivity contribution in [3.05, 3.63) is 17.7 Å². The van der Waals surface area contributed by atoms with E-state index in [4.69, 9.17) is 15.2 Å². The lowest BCUT2D eigenvalue weighted by atomic mass is 9.88. The molecule has 1 aromatic carbocycles. The average molecular weight is 330 g/mol. The Bertz CT molecular complexity index is 621. The molecule has 0 aliphatic heterocycles. The van der Waals surface area contributed by atoms with Gasteiger partial charge in [0.25, 0.3) is 0 Å². The smallest absolute Gasteiger partial charge is 0.241 e. The molecular formula is C15H26N2O4S. The summed E-state index contributed by atoms with van der Waals surface area (Å²) in [5.74, 6) is 0.860. The Labute approximate surface area is 133 Å². The van der Waals surface area contributed by atoms with E-state index in [1.807, 2.05) is 20.8 Å². The first-order chi connectivity index (χ1) is 10.1. The summed E-state index contributed by atoms with van der Waals surface area (Å²) in [6.07, 6.45) is 0. The quantitative estimate of drug-likeness (QED) is 0.828. The van der Waals surface area contributed by atoms with Gasteiger partial charge in [0.15, 0.2) is 11.5 Å². The monoisotopic (exact) mass is 330 g/mol. The summed E-state index contributed by atoms with van der Waals surface area (Å²) in [6.45, 7) is 7.75. The number of ether oxygens (including phenoxy) is 2. The van der Waals surface area contributed by atoms with Gasteiger partial charge in [-0.25, -0.2) is 13.1 Å². The third-order valence-electron chi connectivity index (χ3n) is 3.55. The highest BCUT2D eigenvalue weighted by Gasteiger charge is 2.30. The first-order valence-electron chi connectivity index (χ1n) is 7.01. The van der Waals surface area contributed by atoms with Crippen LogP contribution in [-0.2, 0) is 10.0 Å². The molecule has 1 aromatic rings. The summed E-state index contributed by atoms with van der Waals surface area (Å²) in [5, 5.41) is 0. The summed E-state index contributed by atoms with van der Waals surface area (Å²) in [6, 6.07) is 2.74. The van der Waals surface area contributed by atoms with E-state index in [1.54, 1.807) is 13.0 Å². The third-order valence-corrected chi connectivity index (χ3v) is 5.16. The second-order valence-corrected chi connectivity index (χ2v) is 7.93. The van der Waals surface area contributed by atoms with Gasteiger partial charge < -0.3 is 15.2 Å². The van der Waals surface area contributed by atoms with Crippen LogP contribution in [-0.4, -0.2) is 35.2 Å². The van der Waals surface area contributed by atoms with Crippen LogP contribution in [0.2, 0.25) is 0 Å². The maximum absolute atomic E-state index is 12.7. The number of hydrogen-bond donors (Lipinski definition) is 2. The highest BCUT2D eigenvalue weighted by molar-refractivity contribution is 7.89. The lowest BCUT2D eigenvalue weighted by molar-refractivity contribution is 0.304. The molecule has 0 saturated heterocycles. The average Bonchev–Trinajstić information content (AvgIpc) is 2.42. The lowest BCUT2D eigenvalue weighted by Gasteiger charge is -2.30. The van der Waals surface area contributed by atoms with Crippen LogP contribution in [0.3, 0.4) is 0 Å². The minimum absolute atomic E-state index is 0.160. The van der Waals surface area contributed by atoms with E-state index in [1.165, 1.54) is 20.3 Å². The standard InChI is InChI=1S/C15H26N2O4S/c1-10-7-11(20-5)12(21-6)8-13(10)22(18,19)17-14(9-16)15(2,3)4/h7-8,14,17H,9,16H2,1-6H3. The molecule has 0 aromatic heterocycles. The van der Waals surface area contributed by atoms with Gasteiger partial charge >= 0.3 is 0 Å². The number of aryl methyl sites for hydroxylation is 1. The van der Waals surface area contributed by atoms with Gasteiger partial charge in [0.05, 0.1) is 19.1 Å². The van der Waals surface area contributed by atoms with Crippen molar-refractivity contribution in [1.29, 1.82) is 0 Å². The number of hydrogen-bond acceptors (Lipinski definition) is 5. The maximum Gasteiger partial charge on any atom is 0.241 e. The Kier molecular flexibility index (Phi) is 5.83. The first-order valence-corrected chi connectivity index (χ1v) is 8.50. The molecule has 0 aliphatic rings. The minimum Gasteiger partial charge on any atom is -0.493 e. The van der Waals surface area contributed by atoms with Crippen molar-refractivity contribution in [3.8, 4) is 11.5 Å². The zero-order valence-corrected chi connectivity index (χ0v) is 14.9. The van der Waals surface area contributed by atoms with Gasteiger partial charge in [-0.15, -0.1) is 0 Å². The van der Waals surface area contributed by atoms with E-state index >= 15 is 0 Å². The van der Waals surface area contributed by atoms with Crippen molar-refractivity contribution >= 4 is 10.0 Å². The maximum atomic E-state index is 12.7. The Morgan fingerprint density at radius 2 is 1.68 bits per heavy atom. The number of nitrogens with one attached hydrogen (secondary N) is 1. The van der Waals surface area contributed by atoms with E-state index in [2.05, 4.69) is 4.72 Å². The van der Waals surface area contributed by atoms with Crippen molar-refractivity contribution in [2.75, 3.05) is 20.8 Å². The van der Waals surface area contributed by atoms with Gasteiger partial charge in [-0.2, -0.15) is 0 Å². The predicted molar refractivity (Wildman–Crippen MR) is 86.9 cm³/mol. The number of methoxy groups -OCH3 is 2. The third kappa shape index (κ3) is 4.12. The summed E-state index contributed by atoms with van der Waals surface area (Å²) < 4.78 is 38.4. The van der Waals surface area contributed by atoms with Gasteiger partial charge in [0.1, 0.15) is 0 Å². The van der Waals surface area contributed by atoms with Crippen molar-refractivity contribution in [2.45, 2.75) is 38.6 Å². The molecule has 126 valence electrons. The lowest BCUT2D eigenvalue weighted by Crippen LogP contribution is -2.48. The van der Waals surface area contributed by atoms with Crippen LogP contribution in [0.25, 0.3) is 0 Å². The largest absolute Gasteiger partial charge is 0.493 e. The highest BCUT2D eigenvalue weighted by Crippen LogP contribution is 2.32. The number of rotatable bonds is 6. The fraction of sp³-hybridized carbons (Fsp3) is 0.600. The summed E-state index contributed by atoms with van der Waals surface area (Å²) >= 11 is 0. The van der Waals surface area contributed by atoms with Crippen LogP contribution in [0.5, 0.6) is 11.5 Å². The van der Waals surface area contributed by atoms with E-state index in [-0.39, 0.29) is 22.9 Å². The molecule has 0 spiro atoms. The van der Waals surface area contributed by atoms with E-state index in [9.17, 15) is 8.42 Å². The molecule has 0 radical (unpaired) electrons. The molecule has 1 unspecified atom stereocenters. The normalized spacial score (nSPS) is 13.8. The van der Waals surface area contributed by atoms with E-state index < -0.39 is 10.0 Å². The SMILES string of the molecule is COc1cc(C)c(S(=O)(=O)NC(CN)C(C)(C)C)cc1OC. The Hall–Kier alpha value is -1.31. The number of benzene rings is 1. The fourth-order valence-corrected chi connectivity index (χ4v) is 3.78. The molecule has 0 saturated carbocycles. The number of nitrogens with two attached hydrogens (primary N) is 1. The van der Waals surface area contributed by atoms with Gasteiger partial charge in [0, 0.05) is 18.7 Å². The molecule has 0 bridgehead atoms. The molecule has 22 heavy (non-hydrogen) atoms. The van der Waals surface area contributed by atoms with Crippen LogP contribution in [0.4, 0.5) is 0 Å². The van der Waals surface area contributed by atoms with Crippen LogP contribution < -0.4 is 19.9 Å². The second kappa shape index (κ2) is 6.85. The molecule has 0 fully saturated rings. The van der Waals surface area contributed by atoms with Crippen molar-refractivity contribution in [2.24, 2.45) is 11.1 Å². The highest BCUT2D eigenvalue weighted by atomic mass is 32.2. The van der Waals surface area contributed by atoms with Crippen molar-refractivity contribution < 1.29 is 17.9 Å². The Morgan fingerprint density at radius 1 is 1.18 bits per heavy atom. The van der Waals surface area contributed by atoms with Crippen molar-refractivity contribution in [3.63, 3.8) is 0 Å². The number of sulfonamides is 1. The predicted octanol–water partition coefficient (Wildman–Crippen LogP) is 1.66. The molecule has 6 nitrogen and oxygen atoms in total. The first kappa shape index (κ1) is 18.7. The molecule has 3 N–H and O–H groups in total. The van der Waals surface area contributed by atoms with Crippen LogP contribution in [0, 0.1) is 12.3 Å². The summed E-state index contributed by atoms with van der Waals surface area (Å²) in [5.41, 5.74) is 6.01. The fourth-order valence-electron chi connectivity index (χ4n) is 2.08. The summed E-state index contributed by atoms with van der Waals surface area (Å²) in [7, 11) is -0.734. The Morgan fingerprint density at radius 3 is 2.09 bits per heavy atom. The zero-order valence-electron chi connectivity index (χ0n) is 14.1. The molecule has 1 atom stereocenters. The van der Waals surface area contributed by atoms with Crippen molar-refractivity contribution in [1.82, 2.24) is 4.72 Å². The van der Waals surface area contributed by atoms with Crippen LogP contribution >= 0.6 is 0 Å². The van der Waals surface area contributed by atoms with Crippen LogP contribution in [0.15, 0.2) is 17.0 Å². The molecule has 0 heterocycles.